The van der Waals surface area contributed by atoms with E-state index in [0.29, 0.717) is 25.7 Å². The van der Waals surface area contributed by atoms with Gasteiger partial charge in [0, 0.05) is 19.3 Å². The Bertz CT molecular complexity index is 1640. The highest BCUT2D eigenvalue weighted by Crippen LogP contribution is 2.26. The summed E-state index contributed by atoms with van der Waals surface area (Å²) in [6.45, 7) is 5.72. The average molecular weight is 1020 g/mol. The molecule has 0 aromatic rings. The number of carboxylic acid groups (broad SMARTS) is 1. The van der Waals surface area contributed by atoms with Gasteiger partial charge in [0.2, 0.25) is 0 Å². The number of allylic oxidation sites excluding steroid dienone is 16. The summed E-state index contributed by atoms with van der Waals surface area (Å²) in [6, 6.07) is 0. The van der Waals surface area contributed by atoms with Crippen LogP contribution in [0.15, 0.2) is 97.2 Å². The van der Waals surface area contributed by atoms with Gasteiger partial charge in [-0.25, -0.2) is 4.79 Å². The Labute approximate surface area is 441 Å². The fourth-order valence-electron chi connectivity index (χ4n) is 7.78. The second kappa shape index (κ2) is 48.6. The maximum absolute atomic E-state index is 13.1. The number of ether oxygens (including phenoxy) is 5. The SMILES string of the molecule is CC/C=C\C/C=C\C/C=C\C/C=C\CCCCC(=O)OC1C(OCC(COC(=O)CCCCCCC/C=C\C/C=C\CCCCC)OC(=O)CCCCCCC/C=C\C/C=C\CCC)OC(C(=O)O)C(O)C1O. The fourth-order valence-corrected chi connectivity index (χ4v) is 7.78. The van der Waals surface area contributed by atoms with Crippen molar-refractivity contribution in [3.8, 4) is 0 Å². The van der Waals surface area contributed by atoms with Crippen molar-refractivity contribution in [1.29, 1.82) is 0 Å². The van der Waals surface area contributed by atoms with Crippen molar-refractivity contribution >= 4 is 23.9 Å². The molecule has 0 aromatic carbocycles. The van der Waals surface area contributed by atoms with Crippen LogP contribution in [0.5, 0.6) is 0 Å². The fraction of sp³-hybridized carbons (Fsp3) is 0.672. The van der Waals surface area contributed by atoms with E-state index in [0.717, 1.165) is 128 Å². The van der Waals surface area contributed by atoms with E-state index < -0.39 is 67.3 Å². The highest BCUT2D eigenvalue weighted by Gasteiger charge is 2.50. The molecule has 0 aliphatic carbocycles. The minimum absolute atomic E-state index is 0.000864. The topological polar surface area (TPSA) is 175 Å². The predicted molar refractivity (Wildman–Crippen MR) is 294 cm³/mol. The van der Waals surface area contributed by atoms with Gasteiger partial charge < -0.3 is 39.0 Å². The average Bonchev–Trinajstić information content (AvgIpc) is 3.37. The maximum atomic E-state index is 13.1. The first kappa shape index (κ1) is 66.7. The maximum Gasteiger partial charge on any atom is 0.335 e. The Morgan fingerprint density at radius 1 is 0.466 bits per heavy atom. The third kappa shape index (κ3) is 38.8. The number of unbranched alkanes of at least 4 members (excludes halogenated alkanes) is 16. The van der Waals surface area contributed by atoms with Gasteiger partial charge in [0.15, 0.2) is 24.6 Å². The van der Waals surface area contributed by atoms with Gasteiger partial charge in [-0.05, 0) is 116 Å². The number of esters is 3. The minimum Gasteiger partial charge on any atom is -0.479 e. The Morgan fingerprint density at radius 3 is 1.40 bits per heavy atom. The number of hydrogen-bond acceptors (Lipinski definition) is 11. The lowest BCUT2D eigenvalue weighted by Gasteiger charge is -2.40. The molecule has 1 heterocycles. The highest BCUT2D eigenvalue weighted by atomic mass is 16.7. The third-order valence-electron chi connectivity index (χ3n) is 12.1. The summed E-state index contributed by atoms with van der Waals surface area (Å²) in [6.07, 6.45) is 51.0. The molecule has 0 bridgehead atoms. The molecule has 3 N–H and O–H groups in total. The molecule has 1 rings (SSSR count). The predicted octanol–water partition coefficient (Wildman–Crippen LogP) is 14.1. The van der Waals surface area contributed by atoms with E-state index in [4.69, 9.17) is 23.7 Å². The van der Waals surface area contributed by atoms with Crippen molar-refractivity contribution < 1.29 is 58.2 Å². The van der Waals surface area contributed by atoms with Crippen LogP contribution in [0.1, 0.15) is 213 Å². The van der Waals surface area contributed by atoms with Crippen molar-refractivity contribution in [2.75, 3.05) is 13.2 Å². The monoisotopic (exact) mass is 1020 g/mol. The summed E-state index contributed by atoms with van der Waals surface area (Å²) in [7, 11) is 0. The smallest absolute Gasteiger partial charge is 0.335 e. The molecule has 414 valence electrons. The first-order valence-electron chi connectivity index (χ1n) is 28.2. The van der Waals surface area contributed by atoms with Crippen LogP contribution in [0.4, 0.5) is 0 Å². The Kier molecular flexibility index (Phi) is 44.4. The second-order valence-corrected chi connectivity index (χ2v) is 18.8. The molecule has 0 aromatic heterocycles. The molecule has 12 heteroatoms. The van der Waals surface area contributed by atoms with Crippen molar-refractivity contribution in [3.05, 3.63) is 97.2 Å². The number of aliphatic hydroxyl groups excluding tert-OH is 2. The van der Waals surface area contributed by atoms with Gasteiger partial charge in [-0.15, -0.1) is 0 Å². The number of carboxylic acids is 1. The van der Waals surface area contributed by atoms with Crippen LogP contribution in [-0.2, 0) is 42.9 Å². The van der Waals surface area contributed by atoms with Gasteiger partial charge in [0.05, 0.1) is 6.61 Å². The first-order valence-corrected chi connectivity index (χ1v) is 28.2. The normalized spacial score (nSPS) is 19.1. The van der Waals surface area contributed by atoms with E-state index in [1.165, 1.54) is 19.3 Å². The molecule has 6 atom stereocenters. The van der Waals surface area contributed by atoms with Crippen LogP contribution in [0.25, 0.3) is 0 Å². The standard InChI is InChI=1S/C61H98O12/c1-4-7-10-13-16-19-22-25-27-30-32-35-38-41-44-47-53(62)69-50-52(71-54(63)48-45-42-39-36-33-29-24-21-18-15-12-9-6-3)51-70-61-59(57(66)56(65)58(73-61)60(67)68)72-55(64)49-46-43-40-37-34-31-28-26-23-20-17-14-11-8-5-2/h8,11-12,15-17,19-21,24-28,34,37,52,56-59,61,65-66H,4-7,9-10,13-14,18,22-23,29-33,35-36,38-51H2,1-3H3,(H,67,68)/b11-8-,15-12-,19-16-,20-17-,24-21-,27-25-,28-26-,37-34-. The lowest BCUT2D eigenvalue weighted by Crippen LogP contribution is -2.61. The third-order valence-corrected chi connectivity index (χ3v) is 12.1. The van der Waals surface area contributed by atoms with Crippen LogP contribution in [-0.4, -0.2) is 89.2 Å². The molecule has 0 spiro atoms. The Hall–Kier alpha value is -4.36. The molecule has 1 fully saturated rings. The van der Waals surface area contributed by atoms with Crippen LogP contribution in [0.3, 0.4) is 0 Å². The van der Waals surface area contributed by atoms with Crippen LogP contribution >= 0.6 is 0 Å². The van der Waals surface area contributed by atoms with Gasteiger partial charge in [0.1, 0.15) is 18.8 Å². The lowest BCUT2D eigenvalue weighted by molar-refractivity contribution is -0.301. The summed E-state index contributed by atoms with van der Waals surface area (Å²) < 4.78 is 28.3. The molecule has 1 aliphatic rings. The highest BCUT2D eigenvalue weighted by molar-refractivity contribution is 5.74. The van der Waals surface area contributed by atoms with E-state index in [1.54, 1.807) is 0 Å². The van der Waals surface area contributed by atoms with Crippen LogP contribution in [0.2, 0.25) is 0 Å². The molecule has 0 radical (unpaired) electrons. The summed E-state index contributed by atoms with van der Waals surface area (Å²) >= 11 is 0. The molecule has 6 unspecified atom stereocenters. The largest absolute Gasteiger partial charge is 0.479 e. The molecule has 1 aliphatic heterocycles. The van der Waals surface area contributed by atoms with Crippen LogP contribution < -0.4 is 0 Å². The number of aliphatic carboxylic acids is 1. The zero-order valence-electron chi connectivity index (χ0n) is 45.3. The molecular formula is C61H98O12. The van der Waals surface area contributed by atoms with Gasteiger partial charge in [-0.3, -0.25) is 14.4 Å². The molecular weight excluding hydrogens is 925 g/mol. The molecule has 1 saturated heterocycles. The van der Waals surface area contributed by atoms with E-state index in [1.807, 2.05) is 0 Å². The Balaban J connectivity index is 2.76. The summed E-state index contributed by atoms with van der Waals surface area (Å²) in [5.41, 5.74) is 0. The number of aliphatic hydroxyl groups is 2. The number of hydrogen-bond donors (Lipinski definition) is 3. The number of carbonyl (C=O) groups excluding carboxylic acids is 3. The van der Waals surface area contributed by atoms with Crippen molar-refractivity contribution in [2.45, 2.75) is 250 Å². The molecule has 0 amide bonds. The van der Waals surface area contributed by atoms with Crippen molar-refractivity contribution in [1.82, 2.24) is 0 Å². The van der Waals surface area contributed by atoms with Gasteiger partial charge in [-0.1, -0.05) is 176 Å². The summed E-state index contributed by atoms with van der Waals surface area (Å²) in [5, 5.41) is 31.4. The molecule has 0 saturated carbocycles. The number of carbonyl (C=O) groups is 4. The first-order chi connectivity index (χ1) is 35.6. The molecule has 12 nitrogen and oxygen atoms in total. The number of rotatable bonds is 46. The van der Waals surface area contributed by atoms with Gasteiger partial charge in [-0.2, -0.15) is 0 Å². The van der Waals surface area contributed by atoms with E-state index >= 15 is 0 Å². The quantitative estimate of drug-likeness (QED) is 0.0228. The Morgan fingerprint density at radius 2 is 0.890 bits per heavy atom. The zero-order valence-corrected chi connectivity index (χ0v) is 45.3. The zero-order chi connectivity index (χ0) is 53.3. The van der Waals surface area contributed by atoms with Gasteiger partial charge >= 0.3 is 23.9 Å². The second-order valence-electron chi connectivity index (χ2n) is 18.8. The minimum atomic E-state index is -1.92. The lowest BCUT2D eigenvalue weighted by atomic mass is 9.98. The summed E-state index contributed by atoms with van der Waals surface area (Å²) in [5.74, 6) is -3.22. The van der Waals surface area contributed by atoms with E-state index in [-0.39, 0.29) is 25.9 Å². The van der Waals surface area contributed by atoms with Crippen molar-refractivity contribution in [2.24, 2.45) is 0 Å². The van der Waals surface area contributed by atoms with Crippen molar-refractivity contribution in [3.63, 3.8) is 0 Å². The summed E-state index contributed by atoms with van der Waals surface area (Å²) in [4.78, 5) is 51.0. The van der Waals surface area contributed by atoms with E-state index in [9.17, 15) is 34.5 Å². The van der Waals surface area contributed by atoms with E-state index in [2.05, 4.69) is 118 Å². The molecule has 73 heavy (non-hydrogen) atoms. The van der Waals surface area contributed by atoms with Gasteiger partial charge in [0.25, 0.3) is 0 Å². The van der Waals surface area contributed by atoms with Crippen LogP contribution in [0, 0.1) is 0 Å².